The number of thiazole rings is 1. The zero-order valence-corrected chi connectivity index (χ0v) is 17.3. The van der Waals surface area contributed by atoms with E-state index in [0.717, 1.165) is 17.7 Å². The first-order chi connectivity index (χ1) is 14.0. The van der Waals surface area contributed by atoms with Crippen molar-refractivity contribution < 1.29 is 9.59 Å². The molecule has 0 aliphatic heterocycles. The van der Waals surface area contributed by atoms with Gasteiger partial charge in [0.1, 0.15) is 5.56 Å². The van der Waals surface area contributed by atoms with Gasteiger partial charge in [0, 0.05) is 30.1 Å². The van der Waals surface area contributed by atoms with E-state index >= 15 is 0 Å². The standard InChI is InChI=1S/C22H23N3O3S/c1-15-20(29-14-24-15)10-6-9-19(26)17-11-18(21(27)23-2)22(28)25(13-17)12-16-7-4-3-5-8-16/h3-5,7-8,11,13-14H,6,9-10,12H2,1-2H3,(H,23,27). The molecule has 0 saturated heterocycles. The van der Waals surface area contributed by atoms with E-state index in [9.17, 15) is 14.4 Å². The highest BCUT2D eigenvalue weighted by molar-refractivity contribution is 7.09. The highest BCUT2D eigenvalue weighted by Crippen LogP contribution is 2.16. The number of rotatable bonds is 8. The highest BCUT2D eigenvalue weighted by atomic mass is 32.1. The number of ketones is 1. The van der Waals surface area contributed by atoms with Crippen molar-refractivity contribution in [3.05, 3.63) is 85.7 Å². The van der Waals surface area contributed by atoms with Crippen LogP contribution in [0.4, 0.5) is 0 Å². The Hall–Kier alpha value is -3.06. The largest absolute Gasteiger partial charge is 0.355 e. The molecule has 0 radical (unpaired) electrons. The number of aromatic nitrogens is 2. The topological polar surface area (TPSA) is 81.1 Å². The molecule has 0 bridgehead atoms. The number of aryl methyl sites for hydroxylation is 2. The van der Waals surface area contributed by atoms with Crippen LogP contribution in [-0.4, -0.2) is 28.3 Å². The van der Waals surface area contributed by atoms with Crippen LogP contribution in [0.25, 0.3) is 0 Å². The third kappa shape index (κ3) is 5.06. The summed E-state index contributed by atoms with van der Waals surface area (Å²) in [5.41, 5.74) is 3.67. The molecule has 1 amide bonds. The second-order valence-corrected chi connectivity index (χ2v) is 7.72. The van der Waals surface area contributed by atoms with Crippen LogP contribution in [0.1, 0.15) is 49.7 Å². The smallest absolute Gasteiger partial charge is 0.263 e. The first-order valence-electron chi connectivity index (χ1n) is 9.42. The van der Waals surface area contributed by atoms with Crippen molar-refractivity contribution in [3.63, 3.8) is 0 Å². The van der Waals surface area contributed by atoms with E-state index in [0.29, 0.717) is 24.9 Å². The number of carbonyl (C=O) groups is 2. The molecule has 0 unspecified atom stereocenters. The lowest BCUT2D eigenvalue weighted by molar-refractivity contribution is 0.0961. The molecule has 3 rings (SSSR count). The van der Waals surface area contributed by atoms with Crippen LogP contribution < -0.4 is 10.9 Å². The molecule has 0 fully saturated rings. The Bertz CT molecular complexity index is 1070. The van der Waals surface area contributed by atoms with Gasteiger partial charge in [-0.25, -0.2) is 4.98 Å². The van der Waals surface area contributed by atoms with Gasteiger partial charge in [0.05, 0.1) is 17.7 Å². The third-order valence-electron chi connectivity index (χ3n) is 4.73. The number of pyridine rings is 1. The van der Waals surface area contributed by atoms with Gasteiger partial charge in [-0.2, -0.15) is 0 Å². The van der Waals surface area contributed by atoms with Crippen LogP contribution in [-0.2, 0) is 13.0 Å². The fraction of sp³-hybridized carbons (Fsp3) is 0.273. The Balaban J connectivity index is 1.83. The molecule has 6 nitrogen and oxygen atoms in total. The Morgan fingerprint density at radius 3 is 2.62 bits per heavy atom. The van der Waals surface area contributed by atoms with E-state index in [1.54, 1.807) is 17.5 Å². The monoisotopic (exact) mass is 409 g/mol. The van der Waals surface area contributed by atoms with Crippen molar-refractivity contribution >= 4 is 23.0 Å². The average molecular weight is 410 g/mol. The second kappa shape index (κ2) is 9.43. The molecule has 1 aromatic carbocycles. The molecule has 3 aromatic rings. The fourth-order valence-electron chi connectivity index (χ4n) is 3.10. The molecule has 0 aliphatic carbocycles. The maximum atomic E-state index is 12.8. The minimum atomic E-state index is -0.494. The summed E-state index contributed by atoms with van der Waals surface area (Å²) < 4.78 is 1.43. The minimum absolute atomic E-state index is 0.0208. The number of Topliss-reactive ketones (excluding diaryl/α,β-unsaturated/α-hetero) is 1. The number of nitrogens with one attached hydrogen (secondary N) is 1. The van der Waals surface area contributed by atoms with E-state index in [-0.39, 0.29) is 11.3 Å². The summed E-state index contributed by atoms with van der Waals surface area (Å²) in [6.45, 7) is 2.26. The van der Waals surface area contributed by atoms with Crippen LogP contribution in [0.3, 0.4) is 0 Å². The van der Waals surface area contributed by atoms with E-state index in [2.05, 4.69) is 10.3 Å². The van der Waals surface area contributed by atoms with Crippen molar-refractivity contribution in [1.29, 1.82) is 0 Å². The fourth-order valence-corrected chi connectivity index (χ4v) is 3.93. The van der Waals surface area contributed by atoms with Gasteiger partial charge in [0.25, 0.3) is 11.5 Å². The molecule has 1 N–H and O–H groups in total. The molecule has 7 heteroatoms. The maximum Gasteiger partial charge on any atom is 0.263 e. The average Bonchev–Trinajstić information content (AvgIpc) is 3.14. The van der Waals surface area contributed by atoms with Crippen molar-refractivity contribution in [3.8, 4) is 0 Å². The van der Waals surface area contributed by atoms with Gasteiger partial charge in [-0.05, 0) is 31.4 Å². The molecular formula is C22H23N3O3S. The van der Waals surface area contributed by atoms with Gasteiger partial charge in [0.15, 0.2) is 5.78 Å². The Morgan fingerprint density at radius 2 is 1.97 bits per heavy atom. The molecule has 0 atom stereocenters. The lowest BCUT2D eigenvalue weighted by Crippen LogP contribution is -2.32. The normalized spacial score (nSPS) is 10.7. The first kappa shape index (κ1) is 20.7. The summed E-state index contributed by atoms with van der Waals surface area (Å²) in [6.07, 6.45) is 3.37. The number of benzene rings is 1. The number of carbonyl (C=O) groups excluding carboxylic acids is 2. The van der Waals surface area contributed by atoms with Gasteiger partial charge in [-0.1, -0.05) is 30.3 Å². The van der Waals surface area contributed by atoms with Crippen LogP contribution in [0.2, 0.25) is 0 Å². The van der Waals surface area contributed by atoms with Crippen molar-refractivity contribution in [2.24, 2.45) is 0 Å². The Morgan fingerprint density at radius 1 is 1.21 bits per heavy atom. The summed E-state index contributed by atoms with van der Waals surface area (Å²) in [4.78, 5) is 43.1. The van der Waals surface area contributed by atoms with E-state index in [1.165, 1.54) is 22.6 Å². The SMILES string of the molecule is CNC(=O)c1cc(C(=O)CCCc2scnc2C)cn(Cc2ccccc2)c1=O. The van der Waals surface area contributed by atoms with Gasteiger partial charge < -0.3 is 9.88 Å². The van der Waals surface area contributed by atoms with Gasteiger partial charge >= 0.3 is 0 Å². The second-order valence-electron chi connectivity index (χ2n) is 6.78. The lowest BCUT2D eigenvalue weighted by Gasteiger charge is -2.11. The lowest BCUT2D eigenvalue weighted by atomic mass is 10.0. The van der Waals surface area contributed by atoms with Crippen molar-refractivity contribution in [2.45, 2.75) is 32.7 Å². The van der Waals surface area contributed by atoms with Gasteiger partial charge in [-0.3, -0.25) is 14.4 Å². The van der Waals surface area contributed by atoms with Gasteiger partial charge in [-0.15, -0.1) is 11.3 Å². The van der Waals surface area contributed by atoms with Gasteiger partial charge in [0.2, 0.25) is 0 Å². The minimum Gasteiger partial charge on any atom is -0.355 e. The van der Waals surface area contributed by atoms with Crippen LogP contribution in [0.5, 0.6) is 0 Å². The molecule has 2 aromatic heterocycles. The van der Waals surface area contributed by atoms with Crippen LogP contribution in [0, 0.1) is 6.92 Å². The number of hydrogen-bond acceptors (Lipinski definition) is 5. The number of amides is 1. The molecule has 0 spiro atoms. The predicted octanol–water partition coefficient (Wildman–Crippen LogP) is 3.23. The van der Waals surface area contributed by atoms with Crippen molar-refractivity contribution in [1.82, 2.24) is 14.9 Å². The number of nitrogens with zero attached hydrogens (tertiary/aromatic N) is 2. The zero-order chi connectivity index (χ0) is 20.8. The quantitative estimate of drug-likeness (QED) is 0.579. The molecule has 0 aliphatic rings. The summed E-state index contributed by atoms with van der Waals surface area (Å²) in [5, 5.41) is 2.48. The summed E-state index contributed by atoms with van der Waals surface area (Å²) in [5.74, 6) is -0.578. The summed E-state index contributed by atoms with van der Waals surface area (Å²) >= 11 is 1.59. The Kier molecular flexibility index (Phi) is 6.72. The van der Waals surface area contributed by atoms with Crippen LogP contribution in [0.15, 0.2) is 52.9 Å². The highest BCUT2D eigenvalue weighted by Gasteiger charge is 2.17. The Labute approximate surface area is 173 Å². The molecule has 150 valence electrons. The first-order valence-corrected chi connectivity index (χ1v) is 10.3. The molecule has 29 heavy (non-hydrogen) atoms. The van der Waals surface area contributed by atoms with Crippen molar-refractivity contribution in [2.75, 3.05) is 7.05 Å². The summed E-state index contributed by atoms with van der Waals surface area (Å²) in [6, 6.07) is 10.9. The summed E-state index contributed by atoms with van der Waals surface area (Å²) in [7, 11) is 1.47. The predicted molar refractivity (Wildman–Crippen MR) is 114 cm³/mol. The van der Waals surface area contributed by atoms with E-state index < -0.39 is 11.5 Å². The zero-order valence-electron chi connectivity index (χ0n) is 16.5. The van der Waals surface area contributed by atoms with E-state index in [1.807, 2.05) is 42.8 Å². The number of hydrogen-bond donors (Lipinski definition) is 1. The molecule has 0 saturated carbocycles. The third-order valence-corrected chi connectivity index (χ3v) is 5.72. The molecule has 2 heterocycles. The molecular weight excluding hydrogens is 386 g/mol. The van der Waals surface area contributed by atoms with E-state index in [4.69, 9.17) is 0 Å². The maximum absolute atomic E-state index is 12.8. The van der Waals surface area contributed by atoms with Crippen LogP contribution >= 0.6 is 11.3 Å².